The van der Waals surface area contributed by atoms with Crippen molar-refractivity contribution in [3.8, 4) is 10.4 Å². The third kappa shape index (κ3) is 2.50. The van der Waals surface area contributed by atoms with Crippen LogP contribution in [-0.2, 0) is 0 Å². The number of aliphatic hydroxyl groups is 1. The van der Waals surface area contributed by atoms with Crippen LogP contribution < -0.4 is 5.73 Å². The van der Waals surface area contributed by atoms with Gasteiger partial charge in [0.1, 0.15) is 0 Å². The summed E-state index contributed by atoms with van der Waals surface area (Å²) >= 11 is 1.63. The van der Waals surface area contributed by atoms with Gasteiger partial charge in [-0.05, 0) is 30.7 Å². The quantitative estimate of drug-likeness (QED) is 0.853. The molecule has 2 aromatic rings. The highest BCUT2D eigenvalue weighted by Crippen LogP contribution is 2.32. The van der Waals surface area contributed by atoms with Gasteiger partial charge in [0.15, 0.2) is 0 Å². The minimum Gasteiger partial charge on any atom is -0.388 e. The van der Waals surface area contributed by atoms with Crippen molar-refractivity contribution in [2.24, 2.45) is 5.73 Å². The van der Waals surface area contributed by atoms with E-state index in [1.54, 1.807) is 11.3 Å². The van der Waals surface area contributed by atoms with Gasteiger partial charge in [-0.25, -0.2) is 0 Å². The zero-order valence-electron chi connectivity index (χ0n) is 8.97. The molecule has 0 spiro atoms. The molecule has 1 aromatic heterocycles. The fourth-order valence-electron chi connectivity index (χ4n) is 1.59. The van der Waals surface area contributed by atoms with Gasteiger partial charge >= 0.3 is 0 Å². The summed E-state index contributed by atoms with van der Waals surface area (Å²) in [5.74, 6) is 0. The Bertz CT molecular complexity index is 438. The molecule has 84 valence electrons. The van der Waals surface area contributed by atoms with Gasteiger partial charge in [-0.1, -0.05) is 30.3 Å². The van der Waals surface area contributed by atoms with Crippen molar-refractivity contribution >= 4 is 11.3 Å². The first-order chi connectivity index (χ1) is 7.81. The average molecular weight is 233 g/mol. The summed E-state index contributed by atoms with van der Waals surface area (Å²) in [6, 6.07) is 14.2. The second kappa shape index (κ2) is 5.25. The maximum Gasteiger partial charge on any atom is 0.0894 e. The predicted octanol–water partition coefficient (Wildman–Crippen LogP) is 2.80. The first kappa shape index (κ1) is 11.3. The summed E-state index contributed by atoms with van der Waals surface area (Å²) in [6.07, 6.45) is 0.196. The number of hydrogen-bond donors (Lipinski definition) is 2. The molecule has 3 N–H and O–H groups in total. The SMILES string of the molecule is NCC[C@@H](O)c1ccc(-c2ccccc2)s1. The molecule has 0 aliphatic carbocycles. The van der Waals surface area contributed by atoms with Crippen LogP contribution in [0.1, 0.15) is 17.4 Å². The summed E-state index contributed by atoms with van der Waals surface area (Å²) in [7, 11) is 0. The zero-order valence-corrected chi connectivity index (χ0v) is 9.78. The number of hydrogen-bond acceptors (Lipinski definition) is 3. The first-order valence-corrected chi connectivity index (χ1v) is 6.16. The molecule has 0 saturated heterocycles. The van der Waals surface area contributed by atoms with Crippen LogP contribution in [0.5, 0.6) is 0 Å². The van der Waals surface area contributed by atoms with Crippen molar-refractivity contribution < 1.29 is 5.11 Å². The Morgan fingerprint density at radius 2 is 1.88 bits per heavy atom. The summed E-state index contributed by atoms with van der Waals surface area (Å²) < 4.78 is 0. The molecular formula is C13H15NOS. The lowest BCUT2D eigenvalue weighted by atomic mass is 10.2. The normalized spacial score (nSPS) is 12.6. The van der Waals surface area contributed by atoms with Crippen LogP contribution in [0.15, 0.2) is 42.5 Å². The van der Waals surface area contributed by atoms with Crippen molar-refractivity contribution in [2.45, 2.75) is 12.5 Å². The van der Waals surface area contributed by atoms with E-state index < -0.39 is 6.10 Å². The van der Waals surface area contributed by atoms with E-state index in [1.807, 2.05) is 24.3 Å². The van der Waals surface area contributed by atoms with Gasteiger partial charge in [0.2, 0.25) is 0 Å². The number of benzene rings is 1. The van der Waals surface area contributed by atoms with E-state index >= 15 is 0 Å². The second-order valence-electron chi connectivity index (χ2n) is 3.66. The van der Waals surface area contributed by atoms with Crippen molar-refractivity contribution in [3.05, 3.63) is 47.3 Å². The van der Waals surface area contributed by atoms with E-state index in [1.165, 1.54) is 10.4 Å². The Kier molecular flexibility index (Phi) is 3.72. The lowest BCUT2D eigenvalue weighted by Gasteiger charge is -2.05. The standard InChI is InChI=1S/C13H15NOS/c14-9-8-11(15)13-7-6-12(16-13)10-4-2-1-3-5-10/h1-7,11,15H,8-9,14H2/t11-/m1/s1. The van der Waals surface area contributed by atoms with Crippen LogP contribution in [0.25, 0.3) is 10.4 Å². The molecule has 0 aliphatic heterocycles. The van der Waals surface area contributed by atoms with E-state index in [-0.39, 0.29) is 0 Å². The molecule has 16 heavy (non-hydrogen) atoms. The summed E-state index contributed by atoms with van der Waals surface area (Å²) in [5, 5.41) is 9.81. The minimum atomic E-state index is -0.424. The van der Waals surface area contributed by atoms with Crippen molar-refractivity contribution in [1.29, 1.82) is 0 Å². The van der Waals surface area contributed by atoms with E-state index in [0.29, 0.717) is 13.0 Å². The Balaban J connectivity index is 2.20. The Morgan fingerprint density at radius 1 is 1.12 bits per heavy atom. The summed E-state index contributed by atoms with van der Waals surface area (Å²) in [5.41, 5.74) is 6.62. The second-order valence-corrected chi connectivity index (χ2v) is 4.78. The topological polar surface area (TPSA) is 46.2 Å². The highest BCUT2D eigenvalue weighted by Gasteiger charge is 2.10. The fourth-order valence-corrected chi connectivity index (χ4v) is 2.62. The van der Waals surface area contributed by atoms with Crippen LogP contribution in [-0.4, -0.2) is 11.7 Å². The van der Waals surface area contributed by atoms with Gasteiger partial charge in [-0.15, -0.1) is 11.3 Å². The molecule has 0 amide bonds. The average Bonchev–Trinajstić information content (AvgIpc) is 2.80. The predicted molar refractivity (Wildman–Crippen MR) is 68.4 cm³/mol. The lowest BCUT2D eigenvalue weighted by molar-refractivity contribution is 0.174. The zero-order chi connectivity index (χ0) is 11.4. The Morgan fingerprint density at radius 3 is 2.56 bits per heavy atom. The van der Waals surface area contributed by atoms with Crippen LogP contribution in [0.4, 0.5) is 0 Å². The number of rotatable bonds is 4. The molecule has 0 fully saturated rings. The molecule has 1 heterocycles. The van der Waals surface area contributed by atoms with Gasteiger partial charge in [-0.2, -0.15) is 0 Å². The first-order valence-electron chi connectivity index (χ1n) is 5.34. The third-order valence-electron chi connectivity index (χ3n) is 2.45. The van der Waals surface area contributed by atoms with Crippen molar-refractivity contribution in [3.63, 3.8) is 0 Å². The number of nitrogens with two attached hydrogens (primary N) is 1. The van der Waals surface area contributed by atoms with Gasteiger partial charge in [0.05, 0.1) is 6.10 Å². The molecule has 0 aliphatic rings. The highest BCUT2D eigenvalue weighted by atomic mass is 32.1. The molecule has 0 radical (unpaired) electrons. The third-order valence-corrected chi connectivity index (χ3v) is 3.69. The minimum absolute atomic E-state index is 0.424. The van der Waals surface area contributed by atoms with Gasteiger partial charge < -0.3 is 10.8 Å². The van der Waals surface area contributed by atoms with E-state index in [9.17, 15) is 5.11 Å². The molecule has 0 unspecified atom stereocenters. The maximum atomic E-state index is 9.81. The molecule has 0 bridgehead atoms. The number of aliphatic hydroxyl groups excluding tert-OH is 1. The van der Waals surface area contributed by atoms with Crippen molar-refractivity contribution in [1.82, 2.24) is 0 Å². The molecule has 0 saturated carbocycles. The van der Waals surface area contributed by atoms with E-state index in [4.69, 9.17) is 5.73 Å². The van der Waals surface area contributed by atoms with Crippen molar-refractivity contribution in [2.75, 3.05) is 6.54 Å². The van der Waals surface area contributed by atoms with Crippen LogP contribution in [0.2, 0.25) is 0 Å². The lowest BCUT2D eigenvalue weighted by Crippen LogP contribution is -2.05. The largest absolute Gasteiger partial charge is 0.388 e. The van der Waals surface area contributed by atoms with Crippen LogP contribution >= 0.6 is 11.3 Å². The molecular weight excluding hydrogens is 218 g/mol. The summed E-state index contributed by atoms with van der Waals surface area (Å²) in [6.45, 7) is 0.514. The Labute approximate surface area is 99.4 Å². The Hall–Kier alpha value is -1.16. The van der Waals surface area contributed by atoms with Gasteiger partial charge in [-0.3, -0.25) is 0 Å². The van der Waals surface area contributed by atoms with Gasteiger partial charge in [0.25, 0.3) is 0 Å². The summed E-state index contributed by atoms with van der Waals surface area (Å²) in [4.78, 5) is 2.18. The smallest absolute Gasteiger partial charge is 0.0894 e. The van der Waals surface area contributed by atoms with Crippen LogP contribution in [0.3, 0.4) is 0 Å². The highest BCUT2D eigenvalue weighted by molar-refractivity contribution is 7.15. The number of thiophene rings is 1. The van der Waals surface area contributed by atoms with Gasteiger partial charge in [0, 0.05) is 9.75 Å². The van der Waals surface area contributed by atoms with E-state index in [2.05, 4.69) is 18.2 Å². The molecule has 1 atom stereocenters. The van der Waals surface area contributed by atoms with Crippen LogP contribution in [0, 0.1) is 0 Å². The fraction of sp³-hybridized carbons (Fsp3) is 0.231. The molecule has 2 nitrogen and oxygen atoms in total. The van der Waals surface area contributed by atoms with E-state index in [0.717, 1.165) is 4.88 Å². The monoisotopic (exact) mass is 233 g/mol. The molecule has 2 rings (SSSR count). The molecule has 1 aromatic carbocycles. The molecule has 3 heteroatoms. The maximum absolute atomic E-state index is 9.81.